The van der Waals surface area contributed by atoms with Crippen LogP contribution in [0.25, 0.3) is 0 Å². The van der Waals surface area contributed by atoms with Crippen molar-refractivity contribution in [1.82, 2.24) is 9.78 Å². The number of rotatable bonds is 7. The lowest BCUT2D eigenvalue weighted by Gasteiger charge is -2.33. The first-order valence-electron chi connectivity index (χ1n) is 10.0. The zero-order chi connectivity index (χ0) is 22.4. The van der Waals surface area contributed by atoms with Crippen molar-refractivity contribution in [2.45, 2.75) is 19.8 Å². The van der Waals surface area contributed by atoms with E-state index in [1.54, 1.807) is 6.92 Å². The highest BCUT2D eigenvalue weighted by atomic mass is 19.1. The number of hydrogen-bond donors (Lipinski definition) is 1. The molecule has 9 nitrogen and oxygen atoms in total. The Morgan fingerprint density at radius 1 is 1.23 bits per heavy atom. The summed E-state index contributed by atoms with van der Waals surface area (Å²) in [7, 11) is 1.53. The summed E-state index contributed by atoms with van der Waals surface area (Å²) in [5.74, 6) is -0.971. The first kappa shape index (κ1) is 22.3. The summed E-state index contributed by atoms with van der Waals surface area (Å²) < 4.78 is 24.6. The van der Waals surface area contributed by atoms with E-state index < -0.39 is 11.7 Å². The highest BCUT2D eigenvalue weighted by molar-refractivity contribution is 5.95. The Bertz CT molecular complexity index is 984. The van der Waals surface area contributed by atoms with Crippen molar-refractivity contribution >= 4 is 23.3 Å². The molecular formula is C21H25FN4O5. The maximum atomic E-state index is 13.0. The van der Waals surface area contributed by atoms with Crippen molar-refractivity contribution < 1.29 is 23.5 Å². The van der Waals surface area contributed by atoms with E-state index in [0.717, 1.165) is 0 Å². The molecule has 0 radical (unpaired) electrons. The van der Waals surface area contributed by atoms with Gasteiger partial charge in [0.05, 0.1) is 24.4 Å². The SMILES string of the molecule is CCOC(=O)C1CCN(c2c(NC(=O)COc3ccc(F)cc3)cnn(C)c2=O)CC1. The second kappa shape index (κ2) is 10.1. The number of aryl methyl sites for hydroxylation is 1. The molecule has 0 unspecified atom stereocenters. The van der Waals surface area contributed by atoms with Crippen LogP contribution in [0.3, 0.4) is 0 Å². The van der Waals surface area contributed by atoms with Gasteiger partial charge in [-0.15, -0.1) is 0 Å². The minimum atomic E-state index is -0.484. The van der Waals surface area contributed by atoms with Crippen molar-refractivity contribution in [1.29, 1.82) is 0 Å². The van der Waals surface area contributed by atoms with Gasteiger partial charge in [-0.05, 0) is 44.0 Å². The third-order valence-corrected chi connectivity index (χ3v) is 5.00. The molecule has 0 atom stereocenters. The quantitative estimate of drug-likeness (QED) is 0.665. The molecule has 3 rings (SSSR count). The lowest BCUT2D eigenvalue weighted by atomic mass is 9.96. The molecule has 2 aromatic rings. The number of benzene rings is 1. The molecule has 0 bridgehead atoms. The van der Waals surface area contributed by atoms with Gasteiger partial charge in [0.25, 0.3) is 11.5 Å². The zero-order valence-electron chi connectivity index (χ0n) is 17.5. The molecule has 31 heavy (non-hydrogen) atoms. The fourth-order valence-electron chi connectivity index (χ4n) is 3.39. The Labute approximate surface area is 178 Å². The number of piperidine rings is 1. The number of anilines is 2. The molecule has 1 aromatic carbocycles. The van der Waals surface area contributed by atoms with E-state index >= 15 is 0 Å². The van der Waals surface area contributed by atoms with Crippen LogP contribution in [0, 0.1) is 11.7 Å². The highest BCUT2D eigenvalue weighted by Gasteiger charge is 2.29. The van der Waals surface area contributed by atoms with Gasteiger partial charge in [-0.3, -0.25) is 14.4 Å². The first-order chi connectivity index (χ1) is 14.9. The van der Waals surface area contributed by atoms with Crippen LogP contribution in [-0.2, 0) is 21.4 Å². The maximum Gasteiger partial charge on any atom is 0.309 e. The van der Waals surface area contributed by atoms with Gasteiger partial charge < -0.3 is 19.7 Å². The summed E-state index contributed by atoms with van der Waals surface area (Å²) in [6.07, 6.45) is 2.50. The monoisotopic (exact) mass is 432 g/mol. The molecule has 1 fully saturated rings. The molecular weight excluding hydrogens is 407 g/mol. The number of hydrogen-bond acceptors (Lipinski definition) is 7. The second-order valence-electron chi connectivity index (χ2n) is 7.14. The number of nitrogens with one attached hydrogen (secondary N) is 1. The largest absolute Gasteiger partial charge is 0.484 e. The summed E-state index contributed by atoms with van der Waals surface area (Å²) in [5, 5.41) is 6.65. The molecule has 0 spiro atoms. The van der Waals surface area contributed by atoms with Crippen molar-refractivity contribution in [3.63, 3.8) is 0 Å². The van der Waals surface area contributed by atoms with Crippen molar-refractivity contribution in [2.75, 3.05) is 36.5 Å². The highest BCUT2D eigenvalue weighted by Crippen LogP contribution is 2.27. The molecule has 10 heteroatoms. The van der Waals surface area contributed by atoms with Gasteiger partial charge in [0, 0.05) is 20.1 Å². The van der Waals surface area contributed by atoms with Crippen LogP contribution in [0.2, 0.25) is 0 Å². The zero-order valence-corrected chi connectivity index (χ0v) is 17.5. The average Bonchev–Trinajstić information content (AvgIpc) is 2.76. The third-order valence-electron chi connectivity index (χ3n) is 5.00. The normalized spacial score (nSPS) is 14.2. The Balaban J connectivity index is 1.68. The van der Waals surface area contributed by atoms with Gasteiger partial charge in [0.1, 0.15) is 17.3 Å². The molecule has 0 saturated carbocycles. The number of ether oxygens (including phenoxy) is 2. The molecule has 2 heterocycles. The molecule has 1 aromatic heterocycles. The molecule has 0 aliphatic carbocycles. The minimum Gasteiger partial charge on any atom is -0.484 e. The molecule has 1 aliphatic rings. The Kier molecular flexibility index (Phi) is 7.22. The van der Waals surface area contributed by atoms with Crippen LogP contribution in [0.5, 0.6) is 5.75 Å². The Morgan fingerprint density at radius 3 is 2.55 bits per heavy atom. The summed E-state index contributed by atoms with van der Waals surface area (Å²) in [5.41, 5.74) is 0.229. The topological polar surface area (TPSA) is 103 Å². The fourth-order valence-corrected chi connectivity index (χ4v) is 3.39. The van der Waals surface area contributed by atoms with Gasteiger partial charge in [-0.1, -0.05) is 0 Å². The third kappa shape index (κ3) is 5.59. The summed E-state index contributed by atoms with van der Waals surface area (Å²) in [6, 6.07) is 5.30. The molecule has 166 valence electrons. The van der Waals surface area contributed by atoms with E-state index in [1.165, 1.54) is 42.2 Å². The van der Waals surface area contributed by atoms with E-state index in [0.29, 0.717) is 44.0 Å². The van der Waals surface area contributed by atoms with E-state index in [1.807, 2.05) is 4.90 Å². The average molecular weight is 432 g/mol. The minimum absolute atomic E-state index is 0.205. The van der Waals surface area contributed by atoms with Crippen LogP contribution >= 0.6 is 0 Å². The van der Waals surface area contributed by atoms with Crippen LogP contribution in [0.15, 0.2) is 35.3 Å². The van der Waals surface area contributed by atoms with Gasteiger partial charge in [-0.2, -0.15) is 5.10 Å². The van der Waals surface area contributed by atoms with Crippen LogP contribution in [-0.4, -0.2) is 48.0 Å². The molecule has 1 amide bonds. The van der Waals surface area contributed by atoms with Crippen molar-refractivity contribution in [3.8, 4) is 5.75 Å². The summed E-state index contributed by atoms with van der Waals surface area (Å²) in [6.45, 7) is 2.73. The van der Waals surface area contributed by atoms with Gasteiger partial charge >= 0.3 is 5.97 Å². The number of halogens is 1. The number of amides is 1. The Morgan fingerprint density at radius 2 is 1.90 bits per heavy atom. The molecule has 1 aliphatic heterocycles. The lowest BCUT2D eigenvalue weighted by Crippen LogP contribution is -2.41. The van der Waals surface area contributed by atoms with Crippen molar-refractivity contribution in [3.05, 3.63) is 46.6 Å². The van der Waals surface area contributed by atoms with E-state index in [9.17, 15) is 18.8 Å². The first-order valence-corrected chi connectivity index (χ1v) is 10.0. The van der Waals surface area contributed by atoms with Crippen LogP contribution in [0.4, 0.5) is 15.8 Å². The summed E-state index contributed by atoms with van der Waals surface area (Å²) >= 11 is 0. The van der Waals surface area contributed by atoms with Gasteiger partial charge in [-0.25, -0.2) is 9.07 Å². The Hall–Kier alpha value is -3.43. The van der Waals surface area contributed by atoms with E-state index in [2.05, 4.69) is 10.4 Å². The number of carbonyl (C=O) groups is 2. The van der Waals surface area contributed by atoms with Gasteiger partial charge in [0.15, 0.2) is 6.61 Å². The van der Waals surface area contributed by atoms with Crippen molar-refractivity contribution in [2.24, 2.45) is 13.0 Å². The van der Waals surface area contributed by atoms with E-state index in [-0.39, 0.29) is 29.7 Å². The molecule has 1 N–H and O–H groups in total. The predicted molar refractivity (Wildman–Crippen MR) is 112 cm³/mol. The molecule has 1 saturated heterocycles. The van der Waals surface area contributed by atoms with E-state index in [4.69, 9.17) is 9.47 Å². The second-order valence-corrected chi connectivity index (χ2v) is 7.14. The van der Waals surface area contributed by atoms with Crippen LogP contribution < -0.4 is 20.5 Å². The number of carbonyl (C=O) groups excluding carboxylic acids is 2. The lowest BCUT2D eigenvalue weighted by molar-refractivity contribution is -0.148. The predicted octanol–water partition coefficient (Wildman–Crippen LogP) is 1.72. The smallest absolute Gasteiger partial charge is 0.309 e. The maximum absolute atomic E-state index is 13.0. The summed E-state index contributed by atoms with van der Waals surface area (Å²) in [4.78, 5) is 38.9. The number of nitrogens with zero attached hydrogens (tertiary/aromatic N) is 3. The fraction of sp³-hybridized carbons (Fsp3) is 0.429. The number of aromatic nitrogens is 2. The standard InChI is InChI=1S/C21H25FN4O5/c1-3-30-21(29)14-8-10-26(11-9-14)19-17(12-23-25(2)20(19)28)24-18(27)13-31-16-6-4-15(22)5-7-16/h4-7,12,14H,3,8-11,13H2,1-2H3,(H,24,27). The van der Waals surface area contributed by atoms with Crippen LogP contribution in [0.1, 0.15) is 19.8 Å². The number of esters is 1. The van der Waals surface area contributed by atoms with Gasteiger partial charge in [0.2, 0.25) is 0 Å².